The second kappa shape index (κ2) is 8.04. The summed E-state index contributed by atoms with van der Waals surface area (Å²) in [6.45, 7) is 4.80. The third kappa shape index (κ3) is 4.24. The maximum atomic E-state index is 6.22. The third-order valence-electron chi connectivity index (χ3n) is 3.97. The van der Waals surface area contributed by atoms with E-state index in [-0.39, 0.29) is 5.28 Å². The minimum absolute atomic E-state index is 0.171. The van der Waals surface area contributed by atoms with Crippen molar-refractivity contribution < 1.29 is 4.74 Å². The molecule has 2 aromatic heterocycles. The average molecular weight is 379 g/mol. The summed E-state index contributed by atoms with van der Waals surface area (Å²) in [6.07, 6.45) is 4.52. The number of ether oxygens (including phenoxy) is 1. The van der Waals surface area contributed by atoms with Crippen LogP contribution in [0.5, 0.6) is 5.75 Å². The Bertz CT molecular complexity index is 865. The summed E-state index contributed by atoms with van der Waals surface area (Å²) >= 11 is 12.1. The maximum absolute atomic E-state index is 6.22. The molecule has 132 valence electrons. The first-order chi connectivity index (χ1) is 12.1. The van der Waals surface area contributed by atoms with E-state index in [2.05, 4.69) is 33.8 Å². The largest absolute Gasteiger partial charge is 0.492 e. The highest BCUT2D eigenvalue weighted by Crippen LogP contribution is 2.33. The molecule has 0 atom stereocenters. The lowest BCUT2D eigenvalue weighted by Crippen LogP contribution is -2.24. The van der Waals surface area contributed by atoms with Crippen LogP contribution in [0.2, 0.25) is 10.3 Å². The standard InChI is InChI=1S/C18H20Cl2N4O/c1-3-6-24(2)7-8-25-12-4-5-13-14(10-21-16(13)9-12)17-15(19)11-22-18(20)23-17/h4-5,9-11,21H,3,6-8H2,1-2H3. The van der Waals surface area contributed by atoms with Crippen LogP contribution in [0.4, 0.5) is 0 Å². The van der Waals surface area contributed by atoms with Crippen LogP contribution in [-0.4, -0.2) is 46.6 Å². The van der Waals surface area contributed by atoms with Gasteiger partial charge in [-0.3, -0.25) is 0 Å². The van der Waals surface area contributed by atoms with E-state index in [0.717, 1.165) is 41.7 Å². The Morgan fingerprint density at radius 1 is 1.24 bits per heavy atom. The Balaban J connectivity index is 1.78. The van der Waals surface area contributed by atoms with Crippen molar-refractivity contribution in [3.63, 3.8) is 0 Å². The van der Waals surface area contributed by atoms with Gasteiger partial charge in [0, 0.05) is 35.3 Å². The van der Waals surface area contributed by atoms with Crippen LogP contribution in [0.1, 0.15) is 13.3 Å². The van der Waals surface area contributed by atoms with Crippen LogP contribution in [-0.2, 0) is 0 Å². The fraction of sp³-hybridized carbons (Fsp3) is 0.333. The van der Waals surface area contributed by atoms with Crippen LogP contribution in [0, 0.1) is 0 Å². The van der Waals surface area contributed by atoms with E-state index in [9.17, 15) is 0 Å². The van der Waals surface area contributed by atoms with Gasteiger partial charge in [-0.25, -0.2) is 9.97 Å². The van der Waals surface area contributed by atoms with E-state index < -0.39 is 0 Å². The molecular weight excluding hydrogens is 359 g/mol. The fourth-order valence-corrected chi connectivity index (χ4v) is 3.06. The number of hydrogen-bond donors (Lipinski definition) is 1. The van der Waals surface area contributed by atoms with Crippen molar-refractivity contribution in [2.24, 2.45) is 0 Å². The van der Waals surface area contributed by atoms with Gasteiger partial charge < -0.3 is 14.6 Å². The predicted octanol–water partition coefficient (Wildman–Crippen LogP) is 4.65. The van der Waals surface area contributed by atoms with Gasteiger partial charge in [0.1, 0.15) is 12.4 Å². The number of aromatic amines is 1. The number of aromatic nitrogens is 3. The summed E-state index contributed by atoms with van der Waals surface area (Å²) in [4.78, 5) is 13.6. The molecule has 0 aliphatic carbocycles. The monoisotopic (exact) mass is 378 g/mol. The molecule has 5 nitrogen and oxygen atoms in total. The zero-order chi connectivity index (χ0) is 17.8. The van der Waals surface area contributed by atoms with Crippen LogP contribution < -0.4 is 4.74 Å². The molecule has 1 aromatic carbocycles. The lowest BCUT2D eigenvalue weighted by Gasteiger charge is -2.15. The van der Waals surface area contributed by atoms with E-state index in [1.807, 2.05) is 24.4 Å². The Morgan fingerprint density at radius 2 is 2.08 bits per heavy atom. The second-order valence-electron chi connectivity index (χ2n) is 5.90. The number of hydrogen-bond acceptors (Lipinski definition) is 4. The molecular formula is C18H20Cl2N4O. The molecule has 0 aliphatic heterocycles. The van der Waals surface area contributed by atoms with Gasteiger partial charge in [0.2, 0.25) is 5.28 Å². The minimum atomic E-state index is 0.171. The number of halogens is 2. The van der Waals surface area contributed by atoms with Crippen molar-refractivity contribution in [2.75, 3.05) is 26.7 Å². The third-order valence-corrected chi connectivity index (χ3v) is 4.43. The normalized spacial score (nSPS) is 11.4. The molecule has 3 aromatic rings. The van der Waals surface area contributed by atoms with Crippen LogP contribution in [0.15, 0.2) is 30.6 Å². The van der Waals surface area contributed by atoms with Gasteiger partial charge in [0.25, 0.3) is 0 Å². The molecule has 0 bridgehead atoms. The summed E-state index contributed by atoms with van der Waals surface area (Å²) in [7, 11) is 2.10. The van der Waals surface area contributed by atoms with E-state index in [0.29, 0.717) is 17.3 Å². The van der Waals surface area contributed by atoms with Gasteiger partial charge in [-0.2, -0.15) is 0 Å². The van der Waals surface area contributed by atoms with Gasteiger partial charge in [-0.1, -0.05) is 18.5 Å². The summed E-state index contributed by atoms with van der Waals surface area (Å²) in [6, 6.07) is 5.93. The summed E-state index contributed by atoms with van der Waals surface area (Å²) in [5.41, 5.74) is 2.46. The Labute approximate surface area is 156 Å². The fourth-order valence-electron chi connectivity index (χ4n) is 2.74. The molecule has 7 heteroatoms. The van der Waals surface area contributed by atoms with Crippen LogP contribution in [0.25, 0.3) is 22.2 Å². The van der Waals surface area contributed by atoms with Gasteiger partial charge in [0.15, 0.2) is 0 Å². The highest BCUT2D eigenvalue weighted by molar-refractivity contribution is 6.34. The highest BCUT2D eigenvalue weighted by atomic mass is 35.5. The second-order valence-corrected chi connectivity index (χ2v) is 6.64. The van der Waals surface area contributed by atoms with E-state index in [1.165, 1.54) is 6.20 Å². The van der Waals surface area contributed by atoms with Crippen molar-refractivity contribution >= 4 is 34.1 Å². The Kier molecular flexibility index (Phi) is 5.78. The van der Waals surface area contributed by atoms with E-state index >= 15 is 0 Å². The minimum Gasteiger partial charge on any atom is -0.492 e. The zero-order valence-corrected chi connectivity index (χ0v) is 15.7. The zero-order valence-electron chi connectivity index (χ0n) is 14.2. The predicted molar refractivity (Wildman–Crippen MR) is 103 cm³/mol. The van der Waals surface area contributed by atoms with Gasteiger partial charge in [-0.15, -0.1) is 0 Å². The lowest BCUT2D eigenvalue weighted by atomic mass is 10.1. The molecule has 0 saturated heterocycles. The summed E-state index contributed by atoms with van der Waals surface area (Å²) < 4.78 is 5.85. The molecule has 2 heterocycles. The molecule has 3 rings (SSSR count). The number of nitrogens with zero attached hydrogens (tertiary/aromatic N) is 3. The first kappa shape index (κ1) is 18.0. The highest BCUT2D eigenvalue weighted by Gasteiger charge is 2.13. The van der Waals surface area contributed by atoms with Crippen molar-refractivity contribution in [3.05, 3.63) is 40.9 Å². The molecule has 1 N–H and O–H groups in total. The number of likely N-dealkylation sites (N-methyl/N-ethyl adjacent to an activating group) is 1. The average Bonchev–Trinajstić information content (AvgIpc) is 3.00. The molecule has 0 radical (unpaired) electrons. The maximum Gasteiger partial charge on any atom is 0.222 e. The molecule has 25 heavy (non-hydrogen) atoms. The van der Waals surface area contributed by atoms with Crippen molar-refractivity contribution in [1.29, 1.82) is 0 Å². The topological polar surface area (TPSA) is 54.0 Å². The van der Waals surface area contributed by atoms with Gasteiger partial charge in [0.05, 0.1) is 16.9 Å². The molecule has 0 aliphatic rings. The van der Waals surface area contributed by atoms with E-state index in [1.54, 1.807) is 0 Å². The number of rotatable bonds is 7. The lowest BCUT2D eigenvalue weighted by molar-refractivity contribution is 0.238. The molecule has 0 fully saturated rings. The summed E-state index contributed by atoms with van der Waals surface area (Å²) in [5, 5.41) is 1.64. The Hall–Kier alpha value is -1.82. The van der Waals surface area contributed by atoms with Crippen molar-refractivity contribution in [2.45, 2.75) is 13.3 Å². The first-order valence-corrected chi connectivity index (χ1v) is 8.95. The van der Waals surface area contributed by atoms with Crippen LogP contribution >= 0.6 is 23.2 Å². The molecule has 0 spiro atoms. The number of H-pyrrole nitrogens is 1. The number of nitrogens with one attached hydrogen (secondary N) is 1. The molecule has 0 unspecified atom stereocenters. The van der Waals surface area contributed by atoms with Crippen LogP contribution in [0.3, 0.4) is 0 Å². The van der Waals surface area contributed by atoms with Gasteiger partial charge in [-0.05, 0) is 43.7 Å². The van der Waals surface area contributed by atoms with Gasteiger partial charge >= 0.3 is 0 Å². The first-order valence-electron chi connectivity index (χ1n) is 8.19. The summed E-state index contributed by atoms with van der Waals surface area (Å²) in [5.74, 6) is 0.831. The van der Waals surface area contributed by atoms with E-state index in [4.69, 9.17) is 27.9 Å². The quantitative estimate of drug-likeness (QED) is 0.607. The van der Waals surface area contributed by atoms with Crippen molar-refractivity contribution in [3.8, 4) is 17.0 Å². The Morgan fingerprint density at radius 3 is 2.88 bits per heavy atom. The van der Waals surface area contributed by atoms with Crippen molar-refractivity contribution in [1.82, 2.24) is 19.9 Å². The number of benzene rings is 1. The smallest absolute Gasteiger partial charge is 0.222 e. The molecule has 0 saturated carbocycles. The SMILES string of the molecule is CCCN(C)CCOc1ccc2c(-c3nc(Cl)ncc3Cl)c[nH]c2c1. The molecule has 0 amide bonds. The number of fused-ring (bicyclic) bond motifs is 1.